The van der Waals surface area contributed by atoms with Crippen LogP contribution in [0, 0.1) is 11.8 Å². The summed E-state index contributed by atoms with van der Waals surface area (Å²) in [6, 6.07) is 80.0. The van der Waals surface area contributed by atoms with Crippen molar-refractivity contribution in [2.24, 2.45) is 0 Å². The van der Waals surface area contributed by atoms with E-state index in [1.54, 1.807) is 0 Å². The lowest BCUT2D eigenvalue weighted by Crippen LogP contribution is -1.90. The molecule has 86 heavy (non-hydrogen) atoms. The van der Waals surface area contributed by atoms with Gasteiger partial charge in [-0.05, 0) is 131 Å². The highest BCUT2D eigenvalue weighted by Crippen LogP contribution is 2.40. The molecule has 10 heterocycles. The van der Waals surface area contributed by atoms with Gasteiger partial charge in [0.15, 0.2) is 0 Å². The lowest BCUT2D eigenvalue weighted by atomic mass is 10.0. The van der Waals surface area contributed by atoms with Crippen molar-refractivity contribution < 1.29 is 0 Å². The van der Waals surface area contributed by atoms with Gasteiger partial charge in [0.05, 0.1) is 67.7 Å². The van der Waals surface area contributed by atoms with Gasteiger partial charge >= 0.3 is 0 Å². The maximum atomic E-state index is 5.56. The molecular formula is C78H50N8. The first-order chi connectivity index (χ1) is 42.6. The smallest absolute Gasteiger partial charge is 0.0815 e. The molecule has 402 valence electrons. The van der Waals surface area contributed by atoms with Gasteiger partial charge in [0, 0.05) is 66.5 Å². The van der Waals surface area contributed by atoms with Gasteiger partial charge in [-0.25, -0.2) is 19.9 Å². The topological polar surface area (TPSA) is 115 Å². The van der Waals surface area contributed by atoms with E-state index in [0.717, 1.165) is 145 Å². The van der Waals surface area contributed by atoms with Gasteiger partial charge in [0.1, 0.15) is 0 Å². The van der Waals surface area contributed by atoms with Crippen LogP contribution in [0.15, 0.2) is 231 Å². The number of benzene rings is 6. The molecule has 0 saturated carbocycles. The fourth-order valence-electron chi connectivity index (χ4n) is 12.3. The number of H-pyrrole nitrogens is 4. The Labute approximate surface area is 495 Å². The maximum absolute atomic E-state index is 5.56. The van der Waals surface area contributed by atoms with Crippen molar-refractivity contribution in [3.63, 3.8) is 0 Å². The van der Waals surface area contributed by atoms with Gasteiger partial charge < -0.3 is 19.9 Å². The average Bonchev–Trinajstić information content (AvgIpc) is 4.61. The van der Waals surface area contributed by atoms with E-state index < -0.39 is 0 Å². The predicted octanol–water partition coefficient (Wildman–Crippen LogP) is 19.0. The van der Waals surface area contributed by atoms with E-state index in [9.17, 15) is 0 Å². The molecule has 0 spiro atoms. The minimum Gasteiger partial charge on any atom is -0.354 e. The Morgan fingerprint density at radius 2 is 0.360 bits per heavy atom. The summed E-state index contributed by atoms with van der Waals surface area (Å²) in [4.78, 5) is 37.6. The zero-order valence-corrected chi connectivity index (χ0v) is 46.3. The molecule has 0 atom stereocenters. The Balaban J connectivity index is 1.01. The van der Waals surface area contributed by atoms with Gasteiger partial charge in [-0.2, -0.15) is 0 Å². The van der Waals surface area contributed by atoms with Crippen LogP contribution >= 0.6 is 0 Å². The summed E-state index contributed by atoms with van der Waals surface area (Å²) in [6.45, 7) is 0. The van der Waals surface area contributed by atoms with E-state index >= 15 is 0 Å². The molecular weight excluding hydrogens is 1050 g/mol. The van der Waals surface area contributed by atoms with Crippen LogP contribution in [0.5, 0.6) is 0 Å². The van der Waals surface area contributed by atoms with Crippen LogP contribution in [0.3, 0.4) is 0 Å². The van der Waals surface area contributed by atoms with Gasteiger partial charge in [0.2, 0.25) is 0 Å². The quantitative estimate of drug-likeness (QED) is 0.124. The van der Waals surface area contributed by atoms with Crippen molar-refractivity contribution >= 4 is 92.7 Å². The molecule has 4 N–H and O–H groups in total. The number of hydrogen-bond acceptors (Lipinski definition) is 4. The maximum Gasteiger partial charge on any atom is 0.0815 e. The molecule has 16 rings (SSSR count). The third-order valence-corrected chi connectivity index (χ3v) is 16.2. The predicted molar refractivity (Wildman–Crippen MR) is 356 cm³/mol. The minimum absolute atomic E-state index is 0.710. The zero-order valence-electron chi connectivity index (χ0n) is 46.3. The van der Waals surface area contributed by atoms with Crippen molar-refractivity contribution in [1.82, 2.24) is 39.9 Å². The Bertz CT molecular complexity index is 4840. The van der Waals surface area contributed by atoms with Crippen LogP contribution in [0.1, 0.15) is 56.7 Å². The number of nitrogens with zero attached hydrogens (tertiary/aromatic N) is 4. The molecule has 4 aliphatic rings. The van der Waals surface area contributed by atoms with Crippen LogP contribution in [-0.2, 0) is 0 Å². The van der Waals surface area contributed by atoms with Crippen LogP contribution in [0.25, 0.3) is 160 Å². The highest BCUT2D eigenvalue weighted by atomic mass is 14.8. The average molecular weight is 1100 g/mol. The molecule has 8 heteroatoms. The first kappa shape index (κ1) is 49.9. The number of hydrogen-bond donors (Lipinski definition) is 4. The Morgan fingerprint density at radius 3 is 0.581 bits per heavy atom. The number of aromatic amines is 4. The zero-order chi connectivity index (χ0) is 56.9. The highest BCUT2D eigenvalue weighted by Gasteiger charge is 2.21. The molecule has 0 radical (unpaired) electrons. The second-order valence-corrected chi connectivity index (χ2v) is 21.5. The third-order valence-electron chi connectivity index (χ3n) is 16.2. The summed E-state index contributed by atoms with van der Waals surface area (Å²) in [5.74, 6) is 7.54. The number of nitrogens with one attached hydrogen (secondary N) is 4. The molecule has 0 amide bonds. The van der Waals surface area contributed by atoms with E-state index in [1.807, 2.05) is 36.4 Å². The summed E-state index contributed by atoms with van der Waals surface area (Å²) < 4.78 is 0. The van der Waals surface area contributed by atoms with Gasteiger partial charge in [-0.3, -0.25) is 0 Å². The second-order valence-electron chi connectivity index (χ2n) is 21.5. The van der Waals surface area contributed by atoms with Crippen molar-refractivity contribution in [2.45, 2.75) is 0 Å². The molecule has 4 aliphatic heterocycles. The number of fused-ring (bicyclic) bond motifs is 16. The summed E-state index contributed by atoms with van der Waals surface area (Å²) >= 11 is 0. The Hall–Kier alpha value is -11.9. The summed E-state index contributed by atoms with van der Waals surface area (Å²) in [6.07, 6.45) is 16.9. The van der Waals surface area contributed by atoms with Crippen molar-refractivity contribution in [1.29, 1.82) is 0 Å². The van der Waals surface area contributed by atoms with E-state index in [0.29, 0.717) is 22.5 Å². The third kappa shape index (κ3) is 9.01. The molecule has 6 aromatic carbocycles. The standard InChI is InChI=1S/C78H50N8/c1-7-19-49(20-8-1)73-61-37-33-57(79-61)55(58-34-38-62(80-58)74(50-21-9-2-10-22-50)66-42-46-70(84-66)77(53-27-15-5-16-28-53)69-45-41-65(73)83-69)31-32-56-59-35-39-63(81-59)75(51-23-11-3-12-24-51)67-43-47-71(85-67)78(54-29-17-6-18-30-54)72-48-44-68(86-72)76(52-25-13-4-14-26-52)64-40-36-60(56)82-64/h1-30,33-48,79,81,84,86H. The van der Waals surface area contributed by atoms with Crippen LogP contribution in [0.4, 0.5) is 0 Å². The molecule has 0 saturated heterocycles. The van der Waals surface area contributed by atoms with E-state index in [4.69, 9.17) is 19.9 Å². The first-order valence-electron chi connectivity index (χ1n) is 28.8. The fourth-order valence-corrected chi connectivity index (χ4v) is 12.3. The minimum atomic E-state index is 0.710. The Kier molecular flexibility index (Phi) is 12.2. The van der Waals surface area contributed by atoms with Gasteiger partial charge in [-0.1, -0.05) is 194 Å². The van der Waals surface area contributed by atoms with E-state index in [1.165, 1.54) is 0 Å². The molecule has 6 aromatic heterocycles. The SMILES string of the molecule is C(#Cc1c2nc(c(-c3ccccc3)c3ccc([nH]3)c(-c3ccccc3)c3nc(c(-c4ccccc4)c4ccc1[nH]4)C=C3)C=C2)c1c2nc(c(-c3ccccc3)c3ccc([nH]3)c(-c3ccccc3)c3nc(c(-c4ccccc4)c4ccc1[nH]4)C=C3)C=C2. The van der Waals surface area contributed by atoms with Crippen LogP contribution in [0.2, 0.25) is 0 Å². The van der Waals surface area contributed by atoms with Gasteiger partial charge in [0.25, 0.3) is 0 Å². The largest absolute Gasteiger partial charge is 0.354 e. The summed E-state index contributed by atoms with van der Waals surface area (Å²) in [5.41, 5.74) is 27.0. The van der Waals surface area contributed by atoms with Crippen molar-refractivity contribution in [3.8, 4) is 78.6 Å². The highest BCUT2D eigenvalue weighted by molar-refractivity contribution is 6.01. The van der Waals surface area contributed by atoms with Gasteiger partial charge in [-0.15, -0.1) is 0 Å². The van der Waals surface area contributed by atoms with Crippen molar-refractivity contribution in [3.05, 3.63) is 287 Å². The summed E-state index contributed by atoms with van der Waals surface area (Å²) in [5, 5.41) is 0. The molecule has 0 fully saturated rings. The number of rotatable bonds is 6. The van der Waals surface area contributed by atoms with Crippen molar-refractivity contribution in [2.75, 3.05) is 0 Å². The van der Waals surface area contributed by atoms with Crippen LogP contribution < -0.4 is 0 Å². The fraction of sp³-hybridized carbons (Fsp3) is 0. The van der Waals surface area contributed by atoms with E-state index in [-0.39, 0.29) is 0 Å². The molecule has 0 unspecified atom stereocenters. The molecule has 8 nitrogen and oxygen atoms in total. The lowest BCUT2D eigenvalue weighted by molar-refractivity contribution is 1.30. The van der Waals surface area contributed by atoms with Crippen LogP contribution in [-0.4, -0.2) is 39.9 Å². The molecule has 0 aliphatic carbocycles. The second kappa shape index (κ2) is 21.1. The number of aromatic nitrogens is 8. The molecule has 12 aromatic rings. The summed E-state index contributed by atoms with van der Waals surface area (Å²) in [7, 11) is 0. The monoisotopic (exact) mass is 1100 g/mol. The normalized spacial score (nSPS) is 12.1. The Morgan fingerprint density at radius 1 is 0.186 bits per heavy atom. The lowest BCUT2D eigenvalue weighted by Gasteiger charge is -2.06. The first-order valence-corrected chi connectivity index (χ1v) is 28.8. The van der Waals surface area contributed by atoms with E-state index in [2.05, 4.69) is 275 Å². The molecule has 16 bridgehead atoms.